The van der Waals surface area contributed by atoms with Crippen molar-refractivity contribution < 1.29 is 75.2 Å². The van der Waals surface area contributed by atoms with Gasteiger partial charge in [0, 0.05) is 77.5 Å². The van der Waals surface area contributed by atoms with Crippen molar-refractivity contribution in [1.82, 2.24) is 9.97 Å². The highest BCUT2D eigenvalue weighted by atomic mass is 16.8. The highest BCUT2D eigenvalue weighted by molar-refractivity contribution is 6.13. The Labute approximate surface area is 395 Å². The predicted octanol–water partition coefficient (Wildman–Crippen LogP) is 2.37. The molecule has 1 saturated heterocycles. The van der Waals surface area contributed by atoms with Gasteiger partial charge in [-0.15, -0.1) is 0 Å². The van der Waals surface area contributed by atoms with Crippen molar-refractivity contribution in [3.63, 3.8) is 0 Å². The number of aliphatic hydroxyl groups excluding tert-OH is 6. The summed E-state index contributed by atoms with van der Waals surface area (Å²) in [5, 5.41) is 123. The van der Waals surface area contributed by atoms with Crippen molar-refractivity contribution in [1.29, 1.82) is 0 Å². The Morgan fingerprint density at radius 2 is 1.75 bits per heavy atom. The molecular weight excluding hydrogens is 895 g/mol. The minimum atomic E-state index is -3.22. The van der Waals surface area contributed by atoms with Gasteiger partial charge >= 0.3 is 11.9 Å². The minimum absolute atomic E-state index is 0.0146. The number of carboxylic acid groups (broad SMARTS) is 1. The van der Waals surface area contributed by atoms with E-state index in [1.165, 1.54) is 30.6 Å². The van der Waals surface area contributed by atoms with Crippen molar-refractivity contribution in [3.05, 3.63) is 124 Å². The average Bonchev–Trinajstić information content (AvgIpc) is 4.04. The minimum Gasteiger partial charge on any atom is -0.508 e. The monoisotopic (exact) mass is 949 g/mol. The molecule has 2 fully saturated rings. The number of carbonyl (C=O) groups is 2. The van der Waals surface area contributed by atoms with Crippen LogP contribution in [0, 0.1) is 23.2 Å². The number of amides is 1. The number of H-pyrrole nitrogens is 1. The Morgan fingerprint density at radius 1 is 0.942 bits per heavy atom. The number of aliphatic hydroxyl groups is 7. The number of aromatic nitrogens is 2. The molecule has 12 atom stereocenters. The van der Waals surface area contributed by atoms with Crippen LogP contribution in [0.15, 0.2) is 90.9 Å². The van der Waals surface area contributed by atoms with E-state index >= 15 is 4.79 Å². The number of fused-ring (bicyclic) bond motifs is 9. The quantitative estimate of drug-likeness (QED) is 0.0584. The Balaban J connectivity index is 1.21. The Bertz CT molecular complexity index is 2770. The maximum atomic E-state index is 15.4. The molecule has 69 heavy (non-hydrogen) atoms. The fraction of sp³-hybridized carbons (Fsp3) is 0.431. The van der Waals surface area contributed by atoms with Crippen LogP contribution in [0.25, 0.3) is 6.08 Å². The highest BCUT2D eigenvalue weighted by Crippen LogP contribution is 2.77. The predicted molar refractivity (Wildman–Crippen MR) is 244 cm³/mol. The number of ether oxygens (including phenoxy) is 2. The van der Waals surface area contributed by atoms with Crippen molar-refractivity contribution in [3.8, 4) is 23.0 Å². The van der Waals surface area contributed by atoms with E-state index in [1.54, 1.807) is 36.5 Å². The van der Waals surface area contributed by atoms with E-state index in [2.05, 4.69) is 9.97 Å². The molecule has 18 heteroatoms. The summed E-state index contributed by atoms with van der Waals surface area (Å²) < 4.78 is 11.1. The lowest BCUT2D eigenvalue weighted by Gasteiger charge is -2.64. The van der Waals surface area contributed by atoms with Gasteiger partial charge in [0.2, 0.25) is 0 Å². The number of hydrogen-bond acceptors (Lipinski definition) is 15. The fourth-order valence-corrected chi connectivity index (χ4v) is 13.3. The van der Waals surface area contributed by atoms with Crippen LogP contribution in [0.5, 0.6) is 23.0 Å². The molecule has 6 aliphatic rings. The van der Waals surface area contributed by atoms with Crippen LogP contribution in [0.2, 0.25) is 0 Å². The number of phenols is 3. The third kappa shape index (κ3) is 6.72. The molecule has 3 aromatic carbocycles. The number of aromatic amines is 1. The number of aliphatic carboxylic acids is 1. The summed E-state index contributed by atoms with van der Waals surface area (Å²) in [5.41, 5.74) is -1.41. The third-order valence-corrected chi connectivity index (χ3v) is 16.0. The van der Waals surface area contributed by atoms with Crippen molar-refractivity contribution in [2.45, 2.75) is 92.2 Å². The zero-order valence-corrected chi connectivity index (χ0v) is 37.3. The van der Waals surface area contributed by atoms with E-state index in [0.29, 0.717) is 53.6 Å². The topological polar surface area (TPSA) is 307 Å². The molecular formula is C51H55N3O15. The highest BCUT2D eigenvalue weighted by Gasteiger charge is 2.77. The van der Waals surface area contributed by atoms with Gasteiger partial charge in [-0.2, -0.15) is 0 Å². The second kappa shape index (κ2) is 17.1. The number of carboxylic acids is 1. The number of carbonyl (C=O) groups excluding carboxylic acids is 1. The summed E-state index contributed by atoms with van der Waals surface area (Å²) in [6.07, 6.45) is 6.48. The summed E-state index contributed by atoms with van der Waals surface area (Å²) in [5.74, 6) is -9.60. The van der Waals surface area contributed by atoms with Gasteiger partial charge in [0.05, 0.1) is 18.6 Å². The van der Waals surface area contributed by atoms with Crippen molar-refractivity contribution >= 4 is 23.6 Å². The fourth-order valence-electron chi connectivity index (χ4n) is 13.3. The maximum Gasteiger partial charge on any atom is 0.355 e. The Morgan fingerprint density at radius 3 is 2.48 bits per heavy atom. The Kier molecular flexibility index (Phi) is 11.6. The number of hydrogen-bond donors (Lipinski definition) is 12. The first kappa shape index (κ1) is 46.6. The van der Waals surface area contributed by atoms with Crippen LogP contribution in [0.4, 0.5) is 5.69 Å². The molecule has 10 rings (SSSR count). The number of nitrogens with one attached hydrogen (secondary N) is 1. The lowest BCUT2D eigenvalue weighted by molar-refractivity contribution is -0.422. The number of imidazole rings is 1. The molecule has 4 aliphatic carbocycles. The lowest BCUT2D eigenvalue weighted by Crippen LogP contribution is -2.67. The van der Waals surface area contributed by atoms with E-state index in [1.807, 2.05) is 18.2 Å². The van der Waals surface area contributed by atoms with Gasteiger partial charge < -0.3 is 70.6 Å². The van der Waals surface area contributed by atoms with E-state index in [-0.39, 0.29) is 54.7 Å². The molecule has 3 heterocycles. The van der Waals surface area contributed by atoms with Crippen molar-refractivity contribution in [2.24, 2.45) is 23.2 Å². The smallest absolute Gasteiger partial charge is 0.355 e. The number of benzene rings is 3. The number of aryl methyl sites for hydroxylation is 1. The molecule has 4 aromatic rings. The Hall–Kier alpha value is -6.09. The van der Waals surface area contributed by atoms with Crippen molar-refractivity contribution in [2.75, 3.05) is 24.7 Å². The largest absolute Gasteiger partial charge is 0.508 e. The summed E-state index contributed by atoms with van der Waals surface area (Å²) in [6, 6.07) is 12.3. The van der Waals surface area contributed by atoms with Crippen LogP contribution in [-0.4, -0.2) is 134 Å². The molecule has 0 radical (unpaired) electrons. The molecule has 364 valence electrons. The summed E-state index contributed by atoms with van der Waals surface area (Å²) in [6.45, 7) is -1.58. The average molecular weight is 950 g/mol. The van der Waals surface area contributed by atoms with Gasteiger partial charge in [0.25, 0.3) is 5.91 Å². The summed E-state index contributed by atoms with van der Waals surface area (Å²) in [7, 11) is 0. The summed E-state index contributed by atoms with van der Waals surface area (Å²) in [4.78, 5) is 38.3. The van der Waals surface area contributed by atoms with Crippen LogP contribution < -0.4 is 9.64 Å². The molecule has 12 N–H and O–H groups in total. The number of nitrogens with zero attached hydrogens (tertiary/aromatic N) is 2. The van der Waals surface area contributed by atoms with E-state index in [0.717, 1.165) is 23.0 Å². The molecule has 1 aromatic heterocycles. The number of aromatic hydroxyl groups is 3. The number of anilines is 1. The molecule has 1 amide bonds. The first-order chi connectivity index (χ1) is 33.1. The number of rotatable bonds is 11. The molecule has 2 aliphatic heterocycles. The normalized spacial score (nSPS) is 34.4. The number of phenolic OH excluding ortho intramolecular Hbond substituents is 3. The van der Waals surface area contributed by atoms with E-state index in [4.69, 9.17) is 9.47 Å². The zero-order chi connectivity index (χ0) is 48.8. The lowest BCUT2D eigenvalue weighted by atomic mass is 9.38. The first-order valence-corrected chi connectivity index (χ1v) is 23.2. The molecule has 0 unspecified atom stereocenters. The van der Waals surface area contributed by atoms with Gasteiger partial charge in [-0.25, -0.2) is 9.78 Å². The van der Waals surface area contributed by atoms with Crippen LogP contribution in [0.3, 0.4) is 0 Å². The second-order valence-corrected chi connectivity index (χ2v) is 19.4. The molecule has 0 bridgehead atoms. The van der Waals surface area contributed by atoms with Gasteiger partial charge in [0.1, 0.15) is 29.8 Å². The standard InChI is InChI=1S/C51H55N3O15/c55-22-27-13-14-48(50-30(4-2-5-31(50)23-56)10-9-28-3-1-6-37(59)42(28)50)32(16-27)20-49(47(65)66)45(48)34-18-38(60)39(68-51(67)46(64)44(63)43(62)40(24-57)69-51)19-35(34)54(49)41(61)12-8-26-7-11-36(58)29(15-26)17-33-21-52-25-53-33/h1,3,6-8,11-15,18-21,25,27,30-31,40,43-46,55-60,62-64,67H,2,4-5,9-10,16-17,22-24H2,(H,52,53)(H,65,66)/b12-8+/t27-,30-,31-,40+,43+,44-,45-,46+,48-,49+,50-,51-/m0/s1. The number of allylic oxidation sites excluding steroid dienone is 2. The van der Waals surface area contributed by atoms with E-state index in [9.17, 15) is 61.0 Å². The van der Waals surface area contributed by atoms with Gasteiger partial charge in [-0.1, -0.05) is 42.3 Å². The third-order valence-electron chi connectivity index (χ3n) is 16.0. The summed E-state index contributed by atoms with van der Waals surface area (Å²) >= 11 is 0. The maximum absolute atomic E-state index is 15.4. The molecule has 0 spiro atoms. The van der Waals surface area contributed by atoms with Gasteiger partial charge in [-0.3, -0.25) is 9.69 Å². The first-order valence-electron chi connectivity index (χ1n) is 23.2. The molecule has 18 nitrogen and oxygen atoms in total. The van der Waals surface area contributed by atoms with Crippen LogP contribution >= 0.6 is 0 Å². The molecule has 1 saturated carbocycles. The van der Waals surface area contributed by atoms with Gasteiger partial charge in [-0.05, 0) is 97.0 Å². The van der Waals surface area contributed by atoms with E-state index < -0.39 is 94.5 Å². The van der Waals surface area contributed by atoms with Crippen LogP contribution in [0.1, 0.15) is 71.5 Å². The SMILES string of the molecule is O=C(/C=C/c1ccc(O)c(Cc2cnc[nH]2)c1)N1c2cc(O[C@]3(O)O[C@H](CO)[C@@H](O)[C@H](O)[C@H]3O)c(O)cc2[C@@H]2[C@@]1(C(=O)O)C=C1C[C@@H](CO)C=C[C@]12[C@@]12c3c(O)cccc3CC[C@@H]1CCC[C@H]2CO. The zero-order valence-electron chi connectivity index (χ0n) is 37.3. The van der Waals surface area contributed by atoms with Gasteiger partial charge in [0.15, 0.2) is 23.1 Å². The second-order valence-electron chi connectivity index (χ2n) is 19.4. The van der Waals surface area contributed by atoms with Crippen LogP contribution in [-0.2, 0) is 32.6 Å².